The highest BCUT2D eigenvalue weighted by Gasteiger charge is 2.26. The molecule has 3 N–H and O–H groups in total. The van der Waals surface area contributed by atoms with Gasteiger partial charge in [0, 0.05) is 12.3 Å². The van der Waals surface area contributed by atoms with E-state index in [1.807, 2.05) is 0 Å². The zero-order valence-electron chi connectivity index (χ0n) is 7.95. The van der Waals surface area contributed by atoms with Crippen LogP contribution >= 0.6 is 0 Å². The van der Waals surface area contributed by atoms with Crippen LogP contribution in [-0.2, 0) is 0 Å². The van der Waals surface area contributed by atoms with Gasteiger partial charge in [-0.15, -0.1) is 0 Å². The molecule has 0 spiro atoms. The van der Waals surface area contributed by atoms with Crippen LogP contribution in [-0.4, -0.2) is 18.0 Å². The average molecular weight is 180 g/mol. The quantitative estimate of drug-likeness (QED) is 0.661. The van der Waals surface area contributed by atoms with Crippen LogP contribution < -0.4 is 11.1 Å². The topological polar surface area (TPSA) is 62.8 Å². The van der Waals surface area contributed by atoms with E-state index in [9.17, 15) is 0 Å². The molecule has 1 saturated carbocycles. The van der Waals surface area contributed by atoms with E-state index in [4.69, 9.17) is 5.73 Å². The Bertz CT molecular complexity index is 252. The van der Waals surface area contributed by atoms with Gasteiger partial charge in [0.2, 0.25) is 0 Å². The smallest absolute Gasteiger partial charge is 0.195 e. The number of amidine groups is 2. The summed E-state index contributed by atoms with van der Waals surface area (Å²) in [5.41, 5.74) is 5.69. The van der Waals surface area contributed by atoms with Crippen molar-refractivity contribution in [3.63, 3.8) is 0 Å². The molecule has 13 heavy (non-hydrogen) atoms. The van der Waals surface area contributed by atoms with E-state index in [1.165, 1.54) is 19.3 Å². The van der Waals surface area contributed by atoms with Gasteiger partial charge >= 0.3 is 0 Å². The van der Waals surface area contributed by atoms with Gasteiger partial charge in [-0.25, -0.2) is 9.98 Å². The number of hydrogen-bond donors (Lipinski definition) is 2. The average Bonchev–Trinajstić information content (AvgIpc) is 2.00. The van der Waals surface area contributed by atoms with Gasteiger partial charge in [0.1, 0.15) is 11.7 Å². The van der Waals surface area contributed by atoms with Crippen molar-refractivity contribution < 1.29 is 0 Å². The first kappa shape index (κ1) is 8.69. The van der Waals surface area contributed by atoms with Crippen molar-refractivity contribution in [1.82, 2.24) is 5.32 Å². The molecule has 1 heterocycles. The van der Waals surface area contributed by atoms with Crippen molar-refractivity contribution in [3.05, 3.63) is 0 Å². The zero-order valence-corrected chi connectivity index (χ0v) is 7.95. The molecule has 0 bridgehead atoms. The first-order valence-electron chi connectivity index (χ1n) is 4.96. The fraction of sp³-hybridized carbons (Fsp3) is 0.778. The number of nitrogens with two attached hydrogens (primary N) is 1. The van der Waals surface area contributed by atoms with Crippen molar-refractivity contribution in [2.75, 3.05) is 0 Å². The number of nitrogens with one attached hydrogen (secondary N) is 1. The maximum atomic E-state index is 5.69. The molecule has 1 aliphatic carbocycles. The molecule has 1 unspecified atom stereocenters. The summed E-state index contributed by atoms with van der Waals surface area (Å²) in [6.07, 6.45) is 4.34. The minimum absolute atomic E-state index is 0.369. The van der Waals surface area contributed by atoms with E-state index in [0.717, 1.165) is 18.1 Å². The highest BCUT2D eigenvalue weighted by molar-refractivity contribution is 6.03. The number of rotatable bonds is 2. The molecular formula is C9H16N4. The monoisotopic (exact) mass is 180 g/mol. The van der Waals surface area contributed by atoms with E-state index in [-0.39, 0.29) is 6.29 Å². The number of aliphatic imine (C=N–C) groups is 2. The molecule has 0 amide bonds. The van der Waals surface area contributed by atoms with Crippen LogP contribution in [0.15, 0.2) is 9.98 Å². The van der Waals surface area contributed by atoms with Gasteiger partial charge in [-0.1, -0.05) is 13.3 Å². The number of hydrogen-bond acceptors (Lipinski definition) is 4. The summed E-state index contributed by atoms with van der Waals surface area (Å²) in [4.78, 5) is 8.49. The van der Waals surface area contributed by atoms with Crippen LogP contribution in [0.4, 0.5) is 0 Å². The van der Waals surface area contributed by atoms with E-state index in [0.29, 0.717) is 5.92 Å². The lowest BCUT2D eigenvalue weighted by molar-refractivity contribution is 0.404. The van der Waals surface area contributed by atoms with Gasteiger partial charge in [0.25, 0.3) is 0 Å². The first-order chi connectivity index (χ1) is 6.29. The summed E-state index contributed by atoms with van der Waals surface area (Å²) in [5.74, 6) is 2.65. The summed E-state index contributed by atoms with van der Waals surface area (Å²) in [5, 5.41) is 3.26. The Morgan fingerprint density at radius 1 is 1.46 bits per heavy atom. The Balaban J connectivity index is 2.04. The van der Waals surface area contributed by atoms with Crippen molar-refractivity contribution in [2.24, 2.45) is 21.6 Å². The minimum Gasteiger partial charge on any atom is -0.332 e. The van der Waals surface area contributed by atoms with Crippen LogP contribution in [0.2, 0.25) is 0 Å². The number of nitrogens with zero attached hydrogens (tertiary/aromatic N) is 2. The third-order valence-electron chi connectivity index (χ3n) is 2.66. The first-order valence-corrected chi connectivity index (χ1v) is 4.96. The summed E-state index contributed by atoms with van der Waals surface area (Å²) in [6.45, 7) is 2.07. The summed E-state index contributed by atoms with van der Waals surface area (Å²) in [7, 11) is 0. The second-order valence-corrected chi connectivity index (χ2v) is 3.61. The van der Waals surface area contributed by atoms with E-state index < -0.39 is 0 Å². The highest BCUT2D eigenvalue weighted by Crippen LogP contribution is 2.27. The molecule has 0 aromatic carbocycles. The van der Waals surface area contributed by atoms with Gasteiger partial charge in [0.15, 0.2) is 6.29 Å². The molecule has 4 nitrogen and oxygen atoms in total. The third kappa shape index (κ3) is 1.72. The second-order valence-electron chi connectivity index (χ2n) is 3.61. The Labute approximate surface area is 78.3 Å². The second kappa shape index (κ2) is 3.46. The van der Waals surface area contributed by atoms with Gasteiger partial charge in [-0.05, 0) is 12.8 Å². The normalized spacial score (nSPS) is 28.6. The van der Waals surface area contributed by atoms with Crippen LogP contribution in [0.5, 0.6) is 0 Å². The third-order valence-corrected chi connectivity index (χ3v) is 2.66. The molecule has 0 saturated heterocycles. The van der Waals surface area contributed by atoms with Crippen LogP contribution in [0.25, 0.3) is 0 Å². The molecule has 0 radical (unpaired) electrons. The van der Waals surface area contributed by atoms with Crippen LogP contribution in [0.3, 0.4) is 0 Å². The minimum atomic E-state index is -0.369. The Kier molecular flexibility index (Phi) is 2.31. The Hall–Kier alpha value is -0.900. The highest BCUT2D eigenvalue weighted by atomic mass is 15.2. The van der Waals surface area contributed by atoms with Crippen molar-refractivity contribution in [2.45, 2.75) is 38.9 Å². The fourth-order valence-corrected chi connectivity index (χ4v) is 1.61. The van der Waals surface area contributed by atoms with Gasteiger partial charge < -0.3 is 5.32 Å². The predicted molar refractivity (Wildman–Crippen MR) is 53.6 cm³/mol. The summed E-state index contributed by atoms with van der Waals surface area (Å²) < 4.78 is 0. The van der Waals surface area contributed by atoms with E-state index in [1.54, 1.807) is 0 Å². The molecule has 0 aromatic rings. The molecule has 2 aliphatic rings. The zero-order chi connectivity index (χ0) is 9.26. The fourth-order valence-electron chi connectivity index (χ4n) is 1.61. The Morgan fingerprint density at radius 2 is 2.23 bits per heavy atom. The van der Waals surface area contributed by atoms with Crippen molar-refractivity contribution in [1.29, 1.82) is 0 Å². The molecule has 1 fully saturated rings. The van der Waals surface area contributed by atoms with Crippen LogP contribution in [0.1, 0.15) is 32.6 Å². The van der Waals surface area contributed by atoms with Crippen LogP contribution in [0, 0.1) is 5.92 Å². The lowest BCUT2D eigenvalue weighted by atomic mass is 9.84. The molecule has 1 aliphatic heterocycles. The standard InChI is InChI=1S/C9H16N4/c1-2-7-11-8(6-4-3-5-6)13-9(10)12-7/h6,9H,2-5,10H2,1H3,(H,11,12,13). The molecular weight excluding hydrogens is 164 g/mol. The van der Waals surface area contributed by atoms with Gasteiger partial charge in [-0.3, -0.25) is 5.73 Å². The molecule has 1 atom stereocenters. The lowest BCUT2D eigenvalue weighted by Crippen LogP contribution is -2.44. The van der Waals surface area contributed by atoms with E-state index >= 15 is 0 Å². The van der Waals surface area contributed by atoms with Crippen molar-refractivity contribution >= 4 is 11.7 Å². The van der Waals surface area contributed by atoms with Gasteiger partial charge in [-0.2, -0.15) is 0 Å². The molecule has 72 valence electrons. The van der Waals surface area contributed by atoms with Crippen molar-refractivity contribution in [3.8, 4) is 0 Å². The van der Waals surface area contributed by atoms with E-state index in [2.05, 4.69) is 22.2 Å². The maximum Gasteiger partial charge on any atom is 0.195 e. The maximum absolute atomic E-state index is 5.69. The Morgan fingerprint density at radius 3 is 2.77 bits per heavy atom. The summed E-state index contributed by atoms with van der Waals surface area (Å²) >= 11 is 0. The predicted octanol–water partition coefficient (Wildman–Crippen LogP) is 0.839. The molecule has 4 heteroatoms. The molecule has 2 rings (SSSR count). The molecule has 0 aromatic heterocycles. The largest absolute Gasteiger partial charge is 0.332 e. The van der Waals surface area contributed by atoms with Gasteiger partial charge in [0.05, 0.1) is 0 Å². The SMILES string of the molecule is CCC1=NC(N)N=C(C2CCC2)N1. The summed E-state index contributed by atoms with van der Waals surface area (Å²) in [6, 6.07) is 0. The lowest BCUT2D eigenvalue weighted by Gasteiger charge is -2.30.